The summed E-state index contributed by atoms with van der Waals surface area (Å²) >= 11 is 1.91. The van der Waals surface area contributed by atoms with Gasteiger partial charge >= 0.3 is 0 Å². The Hall–Kier alpha value is -2.09. The van der Waals surface area contributed by atoms with Crippen LogP contribution in [0.3, 0.4) is 0 Å². The Labute approximate surface area is 171 Å². The SMILES string of the molecule is Cc1[nH]cnc1CN1CCn2nc(CN(C)CCSc3ccccc3)cc2C1. The quantitative estimate of drug-likeness (QED) is 0.593. The number of fused-ring (bicyclic) bond motifs is 1. The second-order valence-electron chi connectivity index (χ2n) is 7.43. The van der Waals surface area contributed by atoms with Crippen molar-refractivity contribution in [3.63, 3.8) is 0 Å². The Balaban J connectivity index is 1.27. The molecule has 3 aromatic rings. The zero-order chi connectivity index (χ0) is 19.3. The molecule has 0 bridgehead atoms. The third-order valence-corrected chi connectivity index (χ3v) is 6.14. The van der Waals surface area contributed by atoms with E-state index >= 15 is 0 Å². The molecular weight excluding hydrogens is 368 g/mol. The van der Waals surface area contributed by atoms with Crippen molar-refractivity contribution in [2.75, 3.05) is 25.9 Å². The second kappa shape index (κ2) is 8.94. The highest BCUT2D eigenvalue weighted by molar-refractivity contribution is 7.99. The van der Waals surface area contributed by atoms with E-state index in [0.717, 1.165) is 56.4 Å². The van der Waals surface area contributed by atoms with Crippen molar-refractivity contribution in [2.45, 2.75) is 38.0 Å². The van der Waals surface area contributed by atoms with Crippen LogP contribution in [-0.4, -0.2) is 55.4 Å². The lowest BCUT2D eigenvalue weighted by molar-refractivity contribution is 0.202. The molecule has 1 aliphatic heterocycles. The Morgan fingerprint density at radius 1 is 1.21 bits per heavy atom. The van der Waals surface area contributed by atoms with Gasteiger partial charge in [-0.1, -0.05) is 18.2 Å². The average Bonchev–Trinajstić information content (AvgIpc) is 3.28. The number of imidazole rings is 1. The van der Waals surface area contributed by atoms with Crippen LogP contribution in [0.25, 0.3) is 0 Å². The highest BCUT2D eigenvalue weighted by Gasteiger charge is 2.20. The Morgan fingerprint density at radius 3 is 2.86 bits per heavy atom. The molecule has 1 aliphatic rings. The van der Waals surface area contributed by atoms with Crippen LogP contribution in [0.5, 0.6) is 0 Å². The first-order valence-corrected chi connectivity index (χ1v) is 10.8. The molecule has 0 saturated carbocycles. The van der Waals surface area contributed by atoms with Crippen LogP contribution in [0.15, 0.2) is 47.6 Å². The zero-order valence-electron chi connectivity index (χ0n) is 16.6. The molecule has 1 N–H and O–H groups in total. The van der Waals surface area contributed by atoms with Gasteiger partial charge in [0.2, 0.25) is 0 Å². The van der Waals surface area contributed by atoms with Crippen LogP contribution >= 0.6 is 11.8 Å². The molecule has 4 rings (SSSR count). The zero-order valence-corrected chi connectivity index (χ0v) is 17.5. The minimum Gasteiger partial charge on any atom is -0.348 e. The highest BCUT2D eigenvalue weighted by Crippen LogP contribution is 2.19. The lowest BCUT2D eigenvalue weighted by Gasteiger charge is -2.26. The minimum absolute atomic E-state index is 0.895. The fourth-order valence-electron chi connectivity index (χ4n) is 3.54. The highest BCUT2D eigenvalue weighted by atomic mass is 32.2. The van der Waals surface area contributed by atoms with E-state index in [9.17, 15) is 0 Å². The summed E-state index contributed by atoms with van der Waals surface area (Å²) in [6, 6.07) is 12.9. The molecule has 0 amide bonds. The first kappa shape index (κ1) is 19.2. The molecule has 0 aliphatic carbocycles. The van der Waals surface area contributed by atoms with E-state index in [1.807, 2.05) is 11.8 Å². The summed E-state index contributed by atoms with van der Waals surface area (Å²) in [5, 5.41) is 4.83. The third kappa shape index (κ3) is 4.84. The van der Waals surface area contributed by atoms with Crippen molar-refractivity contribution in [1.82, 2.24) is 29.5 Å². The molecule has 7 heteroatoms. The average molecular weight is 397 g/mol. The van der Waals surface area contributed by atoms with Crippen LogP contribution in [0, 0.1) is 6.92 Å². The fraction of sp³-hybridized carbons (Fsp3) is 0.429. The van der Waals surface area contributed by atoms with Crippen molar-refractivity contribution < 1.29 is 0 Å². The van der Waals surface area contributed by atoms with Gasteiger partial charge in [-0.25, -0.2) is 4.98 Å². The van der Waals surface area contributed by atoms with E-state index in [2.05, 4.69) is 74.8 Å². The molecule has 0 saturated heterocycles. The summed E-state index contributed by atoms with van der Waals surface area (Å²) in [7, 11) is 2.18. The van der Waals surface area contributed by atoms with Crippen molar-refractivity contribution in [1.29, 1.82) is 0 Å². The topological polar surface area (TPSA) is 53.0 Å². The molecule has 0 unspecified atom stereocenters. The van der Waals surface area contributed by atoms with Crippen LogP contribution < -0.4 is 0 Å². The summed E-state index contributed by atoms with van der Waals surface area (Å²) in [6.07, 6.45) is 1.78. The van der Waals surface area contributed by atoms with Gasteiger partial charge in [-0.05, 0) is 32.2 Å². The predicted molar refractivity (Wildman–Crippen MR) is 113 cm³/mol. The number of aryl methyl sites for hydroxylation is 1. The maximum atomic E-state index is 4.83. The van der Waals surface area contributed by atoms with Gasteiger partial charge in [0.15, 0.2) is 0 Å². The van der Waals surface area contributed by atoms with E-state index < -0.39 is 0 Å². The van der Waals surface area contributed by atoms with Gasteiger partial charge in [0, 0.05) is 49.1 Å². The molecule has 28 heavy (non-hydrogen) atoms. The molecule has 1 aromatic carbocycles. The van der Waals surface area contributed by atoms with Crippen LogP contribution in [0.1, 0.15) is 22.8 Å². The second-order valence-corrected chi connectivity index (χ2v) is 8.60. The molecule has 0 atom stereocenters. The van der Waals surface area contributed by atoms with Crippen LogP contribution in [0.4, 0.5) is 0 Å². The van der Waals surface area contributed by atoms with E-state index in [-0.39, 0.29) is 0 Å². The number of aromatic nitrogens is 4. The van der Waals surface area contributed by atoms with E-state index in [1.54, 1.807) is 6.33 Å². The lowest BCUT2D eigenvalue weighted by Crippen LogP contribution is -2.33. The standard InChI is InChI=1S/C21H28N6S/c1-17-21(23-16-22-17)15-26-8-9-27-19(14-26)12-18(24-27)13-25(2)10-11-28-20-6-4-3-5-7-20/h3-7,12,16H,8-11,13-15H2,1-2H3,(H,22,23). The fourth-order valence-corrected chi connectivity index (χ4v) is 4.53. The Kier molecular flexibility index (Phi) is 6.14. The number of benzene rings is 1. The van der Waals surface area contributed by atoms with Gasteiger partial charge in [-0.15, -0.1) is 11.8 Å². The Bertz CT molecular complexity index is 887. The lowest BCUT2D eigenvalue weighted by atomic mass is 10.2. The predicted octanol–water partition coefficient (Wildman–Crippen LogP) is 3.15. The molecule has 0 radical (unpaired) electrons. The Morgan fingerprint density at radius 2 is 2.07 bits per heavy atom. The monoisotopic (exact) mass is 396 g/mol. The summed E-state index contributed by atoms with van der Waals surface area (Å²) in [6.45, 7) is 7.83. The van der Waals surface area contributed by atoms with Gasteiger partial charge in [-0.2, -0.15) is 5.10 Å². The van der Waals surface area contributed by atoms with Crippen molar-refractivity contribution >= 4 is 11.8 Å². The van der Waals surface area contributed by atoms with E-state index in [1.165, 1.54) is 16.3 Å². The molecule has 0 fully saturated rings. The molecule has 148 valence electrons. The first-order chi connectivity index (χ1) is 13.7. The van der Waals surface area contributed by atoms with Crippen LogP contribution in [-0.2, 0) is 26.2 Å². The van der Waals surface area contributed by atoms with Gasteiger partial charge < -0.3 is 4.98 Å². The molecule has 6 nitrogen and oxygen atoms in total. The van der Waals surface area contributed by atoms with Gasteiger partial charge in [0.25, 0.3) is 0 Å². The number of hydrogen-bond acceptors (Lipinski definition) is 5. The first-order valence-electron chi connectivity index (χ1n) is 9.80. The summed E-state index contributed by atoms with van der Waals surface area (Å²) in [5.74, 6) is 1.09. The number of nitrogens with zero attached hydrogens (tertiary/aromatic N) is 5. The maximum Gasteiger partial charge on any atom is 0.0925 e. The van der Waals surface area contributed by atoms with Crippen molar-refractivity contribution in [3.05, 3.63) is 65.5 Å². The normalized spacial score (nSPS) is 14.5. The summed E-state index contributed by atoms with van der Waals surface area (Å²) < 4.78 is 2.18. The summed E-state index contributed by atoms with van der Waals surface area (Å²) in [5.41, 5.74) is 4.78. The number of H-pyrrole nitrogens is 1. The van der Waals surface area contributed by atoms with Gasteiger partial charge in [0.05, 0.1) is 30.0 Å². The van der Waals surface area contributed by atoms with Gasteiger partial charge in [-0.3, -0.25) is 14.5 Å². The molecule has 0 spiro atoms. The third-order valence-electron chi connectivity index (χ3n) is 5.15. The van der Waals surface area contributed by atoms with E-state index in [0.29, 0.717) is 0 Å². The number of hydrogen-bond donors (Lipinski definition) is 1. The number of aromatic amines is 1. The largest absolute Gasteiger partial charge is 0.348 e. The number of nitrogens with one attached hydrogen (secondary N) is 1. The van der Waals surface area contributed by atoms with Crippen molar-refractivity contribution in [3.8, 4) is 0 Å². The van der Waals surface area contributed by atoms with E-state index in [4.69, 9.17) is 5.10 Å². The number of rotatable bonds is 8. The smallest absolute Gasteiger partial charge is 0.0925 e. The number of thioether (sulfide) groups is 1. The molecular formula is C21H28N6S. The van der Waals surface area contributed by atoms with Gasteiger partial charge in [0.1, 0.15) is 0 Å². The molecule has 2 aromatic heterocycles. The minimum atomic E-state index is 0.895. The van der Waals surface area contributed by atoms with Crippen molar-refractivity contribution in [2.24, 2.45) is 0 Å². The van der Waals surface area contributed by atoms with Crippen LogP contribution in [0.2, 0.25) is 0 Å². The molecule has 3 heterocycles. The summed E-state index contributed by atoms with van der Waals surface area (Å²) in [4.78, 5) is 13.7. The maximum absolute atomic E-state index is 4.83.